The molecule has 0 fully saturated rings. The molecule has 51 heavy (non-hydrogen) atoms. The van der Waals surface area contributed by atoms with E-state index in [-0.39, 0.29) is 0 Å². The monoisotopic (exact) mass is 653 g/mol. The molecule has 0 N–H and O–H groups in total. The highest BCUT2D eigenvalue weighted by Crippen LogP contribution is 2.42. The second kappa shape index (κ2) is 10.7. The highest BCUT2D eigenvalue weighted by atomic mass is 16.3. The largest absolute Gasteiger partial charge is 0.455 e. The van der Waals surface area contributed by atoms with Gasteiger partial charge in [0.25, 0.3) is 0 Å². The van der Waals surface area contributed by atoms with E-state index in [4.69, 9.17) is 19.4 Å². The summed E-state index contributed by atoms with van der Waals surface area (Å²) >= 11 is 0. The first-order valence-electron chi connectivity index (χ1n) is 17.0. The minimum absolute atomic E-state index is 0.544. The predicted molar refractivity (Wildman–Crippen MR) is 207 cm³/mol. The van der Waals surface area contributed by atoms with Gasteiger partial charge in [0.2, 0.25) is 5.95 Å². The number of furan rings is 1. The fourth-order valence-corrected chi connectivity index (χ4v) is 7.73. The van der Waals surface area contributed by atoms with E-state index in [0.717, 1.165) is 71.6 Å². The van der Waals surface area contributed by atoms with Gasteiger partial charge >= 0.3 is 0 Å². The van der Waals surface area contributed by atoms with Crippen LogP contribution in [0.4, 0.5) is 0 Å². The molecule has 0 aliphatic heterocycles. The highest BCUT2D eigenvalue weighted by molar-refractivity contribution is 6.24. The van der Waals surface area contributed by atoms with E-state index in [0.29, 0.717) is 17.6 Å². The van der Waals surface area contributed by atoms with Crippen LogP contribution >= 0.6 is 0 Å². The standard InChI is InChI=1S/C45H27N5O/c1-3-13-28(14-4-1)43-46-44(29-15-5-2-6-16-29)48-45(47-43)50-38-25-23-30(49-36-20-10-7-17-31(36)32-18-8-11-21-37(32)49)27-35(38)41-39(50)26-24-34-33-19-9-12-22-40(33)51-42(34)41/h1-27H. The first-order chi connectivity index (χ1) is 25.3. The molecule has 11 aromatic rings. The lowest BCUT2D eigenvalue weighted by molar-refractivity contribution is 0.673. The minimum Gasteiger partial charge on any atom is -0.455 e. The summed E-state index contributed by atoms with van der Waals surface area (Å²) in [6.45, 7) is 0. The maximum Gasteiger partial charge on any atom is 0.238 e. The van der Waals surface area contributed by atoms with Crippen LogP contribution in [0.1, 0.15) is 0 Å². The first kappa shape index (κ1) is 27.9. The lowest BCUT2D eigenvalue weighted by Crippen LogP contribution is -2.06. The summed E-state index contributed by atoms with van der Waals surface area (Å²) < 4.78 is 11.2. The average molecular weight is 654 g/mol. The van der Waals surface area contributed by atoms with E-state index in [9.17, 15) is 0 Å². The molecule has 0 saturated heterocycles. The highest BCUT2D eigenvalue weighted by Gasteiger charge is 2.23. The molecule has 0 aliphatic rings. The Balaban J connectivity index is 1.26. The van der Waals surface area contributed by atoms with Crippen molar-refractivity contribution < 1.29 is 4.42 Å². The van der Waals surface area contributed by atoms with Crippen LogP contribution in [0.25, 0.3) is 100.0 Å². The Morgan fingerprint density at radius 1 is 0.392 bits per heavy atom. The zero-order chi connectivity index (χ0) is 33.5. The van der Waals surface area contributed by atoms with Crippen LogP contribution in [0.2, 0.25) is 0 Å². The molecule has 4 heterocycles. The lowest BCUT2D eigenvalue weighted by atomic mass is 10.1. The number of benzene rings is 7. The van der Waals surface area contributed by atoms with Gasteiger partial charge in [-0.05, 0) is 48.5 Å². The molecule has 11 rings (SSSR count). The maximum atomic E-state index is 6.71. The molecule has 0 radical (unpaired) electrons. The molecule has 0 amide bonds. The Kier molecular flexibility index (Phi) is 5.86. The van der Waals surface area contributed by atoms with Crippen LogP contribution in [0, 0.1) is 0 Å². The van der Waals surface area contributed by atoms with Crippen LogP contribution in [0.15, 0.2) is 168 Å². The van der Waals surface area contributed by atoms with Gasteiger partial charge in [-0.1, -0.05) is 115 Å². The van der Waals surface area contributed by atoms with Crippen molar-refractivity contribution in [1.29, 1.82) is 0 Å². The summed E-state index contributed by atoms with van der Waals surface area (Å²) in [5.41, 5.74) is 8.88. The Morgan fingerprint density at radius 3 is 1.61 bits per heavy atom. The second-order valence-electron chi connectivity index (χ2n) is 12.9. The van der Waals surface area contributed by atoms with Crippen molar-refractivity contribution in [2.24, 2.45) is 0 Å². The number of hydrogen-bond donors (Lipinski definition) is 0. The molecule has 0 atom stereocenters. The van der Waals surface area contributed by atoms with Crippen LogP contribution in [-0.2, 0) is 0 Å². The van der Waals surface area contributed by atoms with Crippen molar-refractivity contribution in [3.8, 4) is 34.4 Å². The van der Waals surface area contributed by atoms with E-state index >= 15 is 0 Å². The summed E-state index contributed by atoms with van der Waals surface area (Å²) in [5.74, 6) is 1.77. The molecular weight excluding hydrogens is 627 g/mol. The number of nitrogens with zero attached hydrogens (tertiary/aromatic N) is 5. The smallest absolute Gasteiger partial charge is 0.238 e. The second-order valence-corrected chi connectivity index (χ2v) is 12.9. The fourth-order valence-electron chi connectivity index (χ4n) is 7.73. The third kappa shape index (κ3) is 4.14. The van der Waals surface area contributed by atoms with Crippen molar-refractivity contribution in [1.82, 2.24) is 24.1 Å². The molecular formula is C45H27N5O. The Morgan fingerprint density at radius 2 is 0.941 bits per heavy atom. The third-order valence-corrected chi connectivity index (χ3v) is 9.98. The summed E-state index contributed by atoms with van der Waals surface area (Å²) in [7, 11) is 0. The van der Waals surface area contributed by atoms with Crippen LogP contribution in [-0.4, -0.2) is 24.1 Å². The first-order valence-corrected chi connectivity index (χ1v) is 17.0. The zero-order valence-corrected chi connectivity index (χ0v) is 27.2. The lowest BCUT2D eigenvalue weighted by Gasteiger charge is -2.11. The van der Waals surface area contributed by atoms with Gasteiger partial charge in [0, 0.05) is 43.7 Å². The quantitative estimate of drug-likeness (QED) is 0.190. The fraction of sp³-hybridized carbons (Fsp3) is 0. The van der Waals surface area contributed by atoms with E-state index in [1.165, 1.54) is 10.8 Å². The number of para-hydroxylation sites is 3. The van der Waals surface area contributed by atoms with E-state index in [1.807, 2.05) is 72.8 Å². The summed E-state index contributed by atoms with van der Waals surface area (Å²) in [6, 6.07) is 56.7. The van der Waals surface area contributed by atoms with Gasteiger partial charge in [0.15, 0.2) is 11.6 Å². The maximum absolute atomic E-state index is 6.71. The normalized spacial score (nSPS) is 11.9. The molecule has 0 spiro atoms. The van der Waals surface area contributed by atoms with Crippen molar-refractivity contribution >= 4 is 65.6 Å². The SMILES string of the molecule is c1ccc(-c2nc(-c3ccccc3)nc(-n3c4ccc(-n5c6ccccc6c6ccccc65)cc4c4c5oc6ccccc6c5ccc43)n2)cc1. The Bertz CT molecular complexity index is 3030. The minimum atomic E-state index is 0.544. The predicted octanol–water partition coefficient (Wildman–Crippen LogP) is 11.3. The van der Waals surface area contributed by atoms with Gasteiger partial charge in [-0.2, -0.15) is 9.97 Å². The van der Waals surface area contributed by atoms with Crippen LogP contribution in [0.5, 0.6) is 0 Å². The molecule has 4 aromatic heterocycles. The molecule has 238 valence electrons. The molecule has 0 bridgehead atoms. The number of fused-ring (bicyclic) bond motifs is 10. The van der Waals surface area contributed by atoms with Gasteiger partial charge in [-0.15, -0.1) is 0 Å². The number of hydrogen-bond acceptors (Lipinski definition) is 4. The third-order valence-electron chi connectivity index (χ3n) is 9.98. The summed E-state index contributed by atoms with van der Waals surface area (Å²) in [4.78, 5) is 15.3. The molecule has 6 nitrogen and oxygen atoms in total. The van der Waals surface area contributed by atoms with Crippen LogP contribution in [0.3, 0.4) is 0 Å². The van der Waals surface area contributed by atoms with E-state index in [2.05, 4.69) is 100 Å². The van der Waals surface area contributed by atoms with Crippen molar-refractivity contribution in [2.75, 3.05) is 0 Å². The number of aromatic nitrogens is 5. The zero-order valence-electron chi connectivity index (χ0n) is 27.2. The molecule has 0 aliphatic carbocycles. The molecule has 6 heteroatoms. The van der Waals surface area contributed by atoms with Crippen LogP contribution < -0.4 is 0 Å². The number of rotatable bonds is 4. The van der Waals surface area contributed by atoms with Gasteiger partial charge in [0.05, 0.1) is 27.5 Å². The molecule has 7 aromatic carbocycles. The molecule has 0 saturated carbocycles. The van der Waals surface area contributed by atoms with Crippen molar-refractivity contribution in [2.45, 2.75) is 0 Å². The van der Waals surface area contributed by atoms with E-state index in [1.54, 1.807) is 0 Å². The van der Waals surface area contributed by atoms with E-state index < -0.39 is 0 Å². The van der Waals surface area contributed by atoms with Gasteiger partial charge in [-0.25, -0.2) is 4.98 Å². The van der Waals surface area contributed by atoms with Gasteiger partial charge in [0.1, 0.15) is 11.2 Å². The summed E-state index contributed by atoms with van der Waals surface area (Å²) in [6.07, 6.45) is 0. The summed E-state index contributed by atoms with van der Waals surface area (Å²) in [5, 5.41) is 6.68. The molecule has 0 unspecified atom stereocenters. The topological polar surface area (TPSA) is 61.7 Å². The van der Waals surface area contributed by atoms with Crippen molar-refractivity contribution in [3.05, 3.63) is 164 Å². The Hall–Kier alpha value is -7.05. The average Bonchev–Trinajstić information content (AvgIpc) is 3.86. The Labute approximate surface area is 291 Å². The van der Waals surface area contributed by atoms with Gasteiger partial charge < -0.3 is 8.98 Å². The van der Waals surface area contributed by atoms with Crippen molar-refractivity contribution in [3.63, 3.8) is 0 Å². The van der Waals surface area contributed by atoms with Gasteiger partial charge in [-0.3, -0.25) is 4.57 Å².